The van der Waals surface area contributed by atoms with Crippen LogP contribution in [0.2, 0.25) is 0 Å². The summed E-state index contributed by atoms with van der Waals surface area (Å²) in [6, 6.07) is 13.0. The lowest BCUT2D eigenvalue weighted by atomic mass is 10.0. The molecule has 1 rings (SSSR count). The molecule has 0 N–H and O–H groups in total. The summed E-state index contributed by atoms with van der Waals surface area (Å²) in [5, 5.41) is 17.4. The van der Waals surface area contributed by atoms with Crippen molar-refractivity contribution in [2.45, 2.75) is 0 Å². The molecule has 2 heteroatoms. The van der Waals surface area contributed by atoms with E-state index in [1.807, 2.05) is 42.5 Å². The predicted octanol–water partition coefficient (Wildman–Crippen LogP) is 2.67. The van der Waals surface area contributed by atoms with Crippen LogP contribution >= 0.6 is 0 Å². The van der Waals surface area contributed by atoms with Gasteiger partial charge >= 0.3 is 0 Å². The number of hydrogen-bond acceptors (Lipinski definition) is 2. The smallest absolute Gasteiger partial charge is 0.137 e. The van der Waals surface area contributed by atoms with Crippen LogP contribution in [0.5, 0.6) is 0 Å². The molecule has 1 aromatic carbocycles. The molecular formula is C12H8N2. The average molecular weight is 180 g/mol. The van der Waals surface area contributed by atoms with Gasteiger partial charge in [0.05, 0.1) is 0 Å². The molecule has 0 aliphatic carbocycles. The first-order valence-corrected chi connectivity index (χ1v) is 4.05. The number of rotatable bonds is 2. The van der Waals surface area contributed by atoms with Crippen molar-refractivity contribution in [3.8, 4) is 12.1 Å². The van der Waals surface area contributed by atoms with Crippen LogP contribution in [0.1, 0.15) is 5.56 Å². The van der Waals surface area contributed by atoms with Gasteiger partial charge in [0.15, 0.2) is 0 Å². The van der Waals surface area contributed by atoms with Crippen molar-refractivity contribution in [1.82, 2.24) is 0 Å². The minimum absolute atomic E-state index is 0.0891. The van der Waals surface area contributed by atoms with Crippen LogP contribution in [-0.2, 0) is 0 Å². The van der Waals surface area contributed by atoms with E-state index in [9.17, 15) is 0 Å². The summed E-state index contributed by atoms with van der Waals surface area (Å²) in [6.45, 7) is 3.59. The van der Waals surface area contributed by atoms with Gasteiger partial charge in [-0.2, -0.15) is 10.5 Å². The van der Waals surface area contributed by atoms with Gasteiger partial charge in [-0.15, -0.1) is 0 Å². The number of benzene rings is 1. The molecule has 0 saturated heterocycles. The van der Waals surface area contributed by atoms with Gasteiger partial charge in [0.25, 0.3) is 0 Å². The highest BCUT2D eigenvalue weighted by atomic mass is 14.3. The summed E-state index contributed by atoms with van der Waals surface area (Å²) < 4.78 is 0. The van der Waals surface area contributed by atoms with E-state index in [0.717, 1.165) is 5.56 Å². The molecule has 0 saturated carbocycles. The van der Waals surface area contributed by atoms with Crippen molar-refractivity contribution >= 4 is 5.57 Å². The Bertz CT molecular complexity index is 425. The second-order valence-electron chi connectivity index (χ2n) is 2.58. The van der Waals surface area contributed by atoms with Crippen LogP contribution in [0.3, 0.4) is 0 Å². The molecule has 0 aromatic heterocycles. The maximum atomic E-state index is 8.71. The second kappa shape index (κ2) is 4.64. The van der Waals surface area contributed by atoms with E-state index in [1.54, 1.807) is 0 Å². The molecule has 0 heterocycles. The second-order valence-corrected chi connectivity index (χ2v) is 2.58. The van der Waals surface area contributed by atoms with Crippen LogP contribution < -0.4 is 0 Å². The number of nitrogens with zero attached hydrogens (tertiary/aromatic N) is 2. The molecule has 0 amide bonds. The summed E-state index contributed by atoms with van der Waals surface area (Å²) in [7, 11) is 0. The van der Waals surface area contributed by atoms with Crippen molar-refractivity contribution < 1.29 is 0 Å². The highest BCUT2D eigenvalue weighted by Gasteiger charge is 2.03. The van der Waals surface area contributed by atoms with Crippen LogP contribution in [0.15, 0.2) is 48.6 Å². The van der Waals surface area contributed by atoms with Gasteiger partial charge in [0.1, 0.15) is 17.7 Å². The quantitative estimate of drug-likeness (QED) is 0.519. The Morgan fingerprint density at radius 1 is 1.14 bits per heavy atom. The first-order valence-electron chi connectivity index (χ1n) is 4.05. The van der Waals surface area contributed by atoms with Gasteiger partial charge in [0.2, 0.25) is 0 Å². The van der Waals surface area contributed by atoms with Gasteiger partial charge in [0, 0.05) is 5.57 Å². The third-order valence-electron chi connectivity index (χ3n) is 1.78. The van der Waals surface area contributed by atoms with E-state index >= 15 is 0 Å². The molecule has 0 unspecified atom stereocenters. The van der Waals surface area contributed by atoms with Crippen LogP contribution in [-0.4, -0.2) is 0 Å². The van der Waals surface area contributed by atoms with Crippen molar-refractivity contribution in [3.05, 3.63) is 54.1 Å². The third-order valence-corrected chi connectivity index (χ3v) is 1.78. The van der Waals surface area contributed by atoms with E-state index < -0.39 is 0 Å². The van der Waals surface area contributed by atoms with Crippen molar-refractivity contribution in [2.24, 2.45) is 0 Å². The Kier molecular flexibility index (Phi) is 3.24. The predicted molar refractivity (Wildman–Crippen MR) is 54.8 cm³/mol. The van der Waals surface area contributed by atoms with E-state index in [0.29, 0.717) is 5.57 Å². The first kappa shape index (κ1) is 9.77. The maximum Gasteiger partial charge on any atom is 0.137 e. The van der Waals surface area contributed by atoms with Crippen LogP contribution in [0.4, 0.5) is 0 Å². The number of allylic oxidation sites excluding steroid dienone is 3. The van der Waals surface area contributed by atoms with E-state index in [2.05, 4.69) is 6.58 Å². The Labute approximate surface area is 83.0 Å². The first-order chi connectivity index (χ1) is 6.83. The summed E-state index contributed by atoms with van der Waals surface area (Å²) in [5.74, 6) is 0. The third kappa shape index (κ3) is 1.88. The van der Waals surface area contributed by atoms with Crippen molar-refractivity contribution in [3.63, 3.8) is 0 Å². The van der Waals surface area contributed by atoms with Gasteiger partial charge in [-0.05, 0) is 5.56 Å². The Hall–Kier alpha value is -2.32. The van der Waals surface area contributed by atoms with Gasteiger partial charge in [-0.3, -0.25) is 0 Å². The lowest BCUT2D eigenvalue weighted by molar-refractivity contribution is 1.46. The van der Waals surface area contributed by atoms with Crippen LogP contribution in [0.25, 0.3) is 5.57 Å². The SMILES string of the molecule is C=CC(=C(C#N)C#N)c1ccccc1. The molecule has 0 radical (unpaired) electrons. The molecule has 0 atom stereocenters. The van der Waals surface area contributed by atoms with E-state index in [1.165, 1.54) is 6.08 Å². The molecule has 0 spiro atoms. The normalized spacial score (nSPS) is 8.14. The van der Waals surface area contributed by atoms with Gasteiger partial charge in [-0.1, -0.05) is 43.0 Å². The largest absolute Gasteiger partial charge is 0.192 e. The van der Waals surface area contributed by atoms with Crippen molar-refractivity contribution in [2.75, 3.05) is 0 Å². The van der Waals surface area contributed by atoms with Gasteiger partial charge < -0.3 is 0 Å². The standard InChI is InChI=1S/C12H8N2/c1-2-12(11(8-13)9-14)10-6-4-3-5-7-10/h2-7H,1H2. The van der Waals surface area contributed by atoms with E-state index in [4.69, 9.17) is 10.5 Å². The van der Waals surface area contributed by atoms with Crippen molar-refractivity contribution in [1.29, 1.82) is 10.5 Å². The molecule has 0 aliphatic rings. The highest BCUT2D eigenvalue weighted by molar-refractivity contribution is 5.81. The minimum atomic E-state index is 0.0891. The van der Waals surface area contributed by atoms with E-state index in [-0.39, 0.29) is 5.57 Å². The summed E-state index contributed by atoms with van der Waals surface area (Å²) >= 11 is 0. The fourth-order valence-electron chi connectivity index (χ4n) is 1.13. The fraction of sp³-hybridized carbons (Fsp3) is 0. The molecule has 14 heavy (non-hydrogen) atoms. The average Bonchev–Trinajstić information content (AvgIpc) is 2.27. The molecule has 66 valence electrons. The molecule has 2 nitrogen and oxygen atoms in total. The summed E-state index contributed by atoms with van der Waals surface area (Å²) in [5.41, 5.74) is 1.50. The van der Waals surface area contributed by atoms with Gasteiger partial charge in [-0.25, -0.2) is 0 Å². The number of nitriles is 2. The topological polar surface area (TPSA) is 47.6 Å². The highest BCUT2D eigenvalue weighted by Crippen LogP contribution is 2.18. The lowest BCUT2D eigenvalue weighted by Crippen LogP contribution is -1.84. The Morgan fingerprint density at radius 3 is 2.14 bits per heavy atom. The number of hydrogen-bond donors (Lipinski definition) is 0. The Balaban J connectivity index is 3.33. The minimum Gasteiger partial charge on any atom is -0.192 e. The summed E-state index contributed by atoms with van der Waals surface area (Å²) in [6.07, 6.45) is 1.52. The maximum absolute atomic E-state index is 8.71. The fourth-order valence-corrected chi connectivity index (χ4v) is 1.13. The monoisotopic (exact) mass is 180 g/mol. The Morgan fingerprint density at radius 2 is 1.71 bits per heavy atom. The molecule has 0 aliphatic heterocycles. The zero-order valence-electron chi connectivity index (χ0n) is 7.57. The molecular weight excluding hydrogens is 172 g/mol. The molecule has 0 fully saturated rings. The zero-order chi connectivity index (χ0) is 10.4. The van der Waals surface area contributed by atoms with Crippen LogP contribution in [0, 0.1) is 22.7 Å². The summed E-state index contributed by atoms with van der Waals surface area (Å²) in [4.78, 5) is 0. The molecule has 1 aromatic rings. The zero-order valence-corrected chi connectivity index (χ0v) is 7.57. The molecule has 0 bridgehead atoms. The lowest BCUT2D eigenvalue weighted by Gasteiger charge is -2.00.